The number of benzene rings is 1. The Labute approximate surface area is 146 Å². The number of thioether (sulfide) groups is 1. The number of nitro benzene ring substituents is 1. The number of amides is 1. The van der Waals surface area contributed by atoms with Crippen molar-refractivity contribution in [1.82, 2.24) is 4.90 Å². The fourth-order valence-corrected chi connectivity index (χ4v) is 4.40. The number of nitro groups is 1. The molecule has 7 heteroatoms. The zero-order valence-corrected chi connectivity index (χ0v) is 14.8. The van der Waals surface area contributed by atoms with E-state index >= 15 is 0 Å². The maximum Gasteiger partial charge on any atom is 0.293 e. The summed E-state index contributed by atoms with van der Waals surface area (Å²) in [7, 11) is 0. The number of hydrogen-bond donors (Lipinski definition) is 0. The van der Waals surface area contributed by atoms with Crippen LogP contribution in [0.5, 0.6) is 0 Å². The first kappa shape index (κ1) is 17.1. The number of rotatable bonds is 3. The van der Waals surface area contributed by atoms with Gasteiger partial charge in [0.2, 0.25) is 0 Å². The molecule has 0 unspecified atom stereocenters. The lowest BCUT2D eigenvalue weighted by molar-refractivity contribution is -0.384. The molecule has 0 aromatic heterocycles. The Balaban J connectivity index is 1.86. The fraction of sp³-hybridized carbons (Fsp3) is 0.588. The number of carbonyl (C=O) groups excluding carboxylic acids is 1. The van der Waals surface area contributed by atoms with E-state index in [-0.39, 0.29) is 16.5 Å². The standard InChI is InChI=1S/C17H23N3O3S/c1-13-11-19(8-9-24-12-13)17(21)14-4-5-15(16(10-14)20(22)23)18-6-2-3-7-18/h4-5,10,13H,2-3,6-9,11-12H2,1H3/t13-/m0/s1. The number of nitrogens with zero attached hydrogens (tertiary/aromatic N) is 3. The summed E-state index contributed by atoms with van der Waals surface area (Å²) in [5.74, 6) is 2.32. The third-order valence-electron chi connectivity index (χ3n) is 4.59. The Morgan fingerprint density at radius 1 is 1.29 bits per heavy atom. The Morgan fingerprint density at radius 2 is 2.04 bits per heavy atom. The molecule has 2 aliphatic rings. The molecule has 24 heavy (non-hydrogen) atoms. The van der Waals surface area contributed by atoms with Crippen molar-refractivity contribution < 1.29 is 9.72 Å². The molecule has 1 aromatic rings. The van der Waals surface area contributed by atoms with Crippen LogP contribution in [0, 0.1) is 16.0 Å². The van der Waals surface area contributed by atoms with Crippen molar-refractivity contribution in [3.8, 4) is 0 Å². The number of carbonyl (C=O) groups is 1. The van der Waals surface area contributed by atoms with Gasteiger partial charge in [0.15, 0.2) is 0 Å². The largest absolute Gasteiger partial charge is 0.366 e. The summed E-state index contributed by atoms with van der Waals surface area (Å²) in [6, 6.07) is 4.94. The fourth-order valence-electron chi connectivity index (χ4n) is 3.37. The summed E-state index contributed by atoms with van der Waals surface area (Å²) in [5, 5.41) is 11.5. The highest BCUT2D eigenvalue weighted by Gasteiger charge is 2.26. The van der Waals surface area contributed by atoms with Gasteiger partial charge < -0.3 is 9.80 Å². The molecule has 0 bridgehead atoms. The molecule has 6 nitrogen and oxygen atoms in total. The summed E-state index contributed by atoms with van der Waals surface area (Å²) >= 11 is 1.86. The lowest BCUT2D eigenvalue weighted by Gasteiger charge is -2.23. The molecule has 3 rings (SSSR count). The van der Waals surface area contributed by atoms with Crippen molar-refractivity contribution in [3.05, 3.63) is 33.9 Å². The molecular weight excluding hydrogens is 326 g/mol. The van der Waals surface area contributed by atoms with Crippen molar-refractivity contribution in [1.29, 1.82) is 0 Å². The van der Waals surface area contributed by atoms with E-state index in [0.29, 0.717) is 30.3 Å². The van der Waals surface area contributed by atoms with E-state index in [9.17, 15) is 14.9 Å². The number of anilines is 1. The lowest BCUT2D eigenvalue weighted by Crippen LogP contribution is -2.35. The van der Waals surface area contributed by atoms with Crippen LogP contribution in [0.4, 0.5) is 11.4 Å². The predicted molar refractivity (Wildman–Crippen MR) is 96.9 cm³/mol. The van der Waals surface area contributed by atoms with Crippen LogP contribution in [0.25, 0.3) is 0 Å². The van der Waals surface area contributed by atoms with Gasteiger partial charge in [-0.25, -0.2) is 0 Å². The summed E-state index contributed by atoms with van der Waals surface area (Å²) in [6.45, 7) is 5.24. The Hall–Kier alpha value is -1.76. The predicted octanol–water partition coefficient (Wildman–Crippen LogP) is 3.02. The summed E-state index contributed by atoms with van der Waals surface area (Å²) in [5.41, 5.74) is 1.09. The van der Waals surface area contributed by atoms with Gasteiger partial charge in [-0.1, -0.05) is 6.92 Å². The molecular formula is C17H23N3O3S. The van der Waals surface area contributed by atoms with E-state index in [1.807, 2.05) is 21.6 Å². The topological polar surface area (TPSA) is 66.7 Å². The van der Waals surface area contributed by atoms with Crippen molar-refractivity contribution in [2.45, 2.75) is 19.8 Å². The van der Waals surface area contributed by atoms with Crippen molar-refractivity contribution in [2.24, 2.45) is 5.92 Å². The first-order valence-electron chi connectivity index (χ1n) is 8.46. The Morgan fingerprint density at radius 3 is 2.75 bits per heavy atom. The highest BCUT2D eigenvalue weighted by atomic mass is 32.2. The minimum Gasteiger partial charge on any atom is -0.366 e. The molecule has 2 saturated heterocycles. The monoisotopic (exact) mass is 349 g/mol. The molecule has 1 amide bonds. The second kappa shape index (κ2) is 7.42. The molecule has 0 radical (unpaired) electrons. The Kier molecular flexibility index (Phi) is 5.28. The maximum absolute atomic E-state index is 12.8. The van der Waals surface area contributed by atoms with E-state index in [1.165, 1.54) is 6.07 Å². The van der Waals surface area contributed by atoms with Gasteiger partial charge in [-0.2, -0.15) is 11.8 Å². The smallest absolute Gasteiger partial charge is 0.293 e. The van der Waals surface area contributed by atoms with E-state index in [1.54, 1.807) is 12.1 Å². The van der Waals surface area contributed by atoms with Gasteiger partial charge in [-0.15, -0.1) is 0 Å². The van der Waals surface area contributed by atoms with E-state index < -0.39 is 0 Å². The lowest BCUT2D eigenvalue weighted by atomic mass is 10.1. The quantitative estimate of drug-likeness (QED) is 0.620. The summed E-state index contributed by atoms with van der Waals surface area (Å²) < 4.78 is 0. The summed E-state index contributed by atoms with van der Waals surface area (Å²) in [6.07, 6.45) is 2.11. The van der Waals surface area contributed by atoms with Gasteiger partial charge >= 0.3 is 0 Å². The molecule has 2 aliphatic heterocycles. The molecule has 130 valence electrons. The van der Waals surface area contributed by atoms with Crippen LogP contribution in [0.15, 0.2) is 18.2 Å². The van der Waals surface area contributed by atoms with Gasteiger partial charge in [-0.05, 0) is 36.6 Å². The van der Waals surface area contributed by atoms with Crippen LogP contribution in [-0.4, -0.2) is 53.4 Å². The maximum atomic E-state index is 12.8. The second-order valence-electron chi connectivity index (χ2n) is 6.59. The molecule has 0 saturated carbocycles. The van der Waals surface area contributed by atoms with Crippen LogP contribution in [0.1, 0.15) is 30.1 Å². The first-order valence-corrected chi connectivity index (χ1v) is 9.62. The minimum atomic E-state index is -0.370. The van der Waals surface area contributed by atoms with Crippen LogP contribution >= 0.6 is 11.8 Å². The first-order chi connectivity index (χ1) is 11.6. The average molecular weight is 349 g/mol. The molecule has 0 aliphatic carbocycles. The molecule has 1 atom stereocenters. The van der Waals surface area contributed by atoms with Crippen molar-refractivity contribution >= 4 is 29.0 Å². The van der Waals surface area contributed by atoms with Crippen LogP contribution < -0.4 is 4.90 Å². The summed E-state index contributed by atoms with van der Waals surface area (Å²) in [4.78, 5) is 27.8. The average Bonchev–Trinajstić information content (AvgIpc) is 3.02. The minimum absolute atomic E-state index is 0.0417. The van der Waals surface area contributed by atoms with Gasteiger partial charge in [-0.3, -0.25) is 14.9 Å². The van der Waals surface area contributed by atoms with Gasteiger partial charge in [0.05, 0.1) is 4.92 Å². The van der Waals surface area contributed by atoms with Crippen molar-refractivity contribution in [2.75, 3.05) is 42.6 Å². The third kappa shape index (κ3) is 3.66. The number of hydrogen-bond acceptors (Lipinski definition) is 5. The van der Waals surface area contributed by atoms with Gasteiger partial charge in [0, 0.05) is 43.6 Å². The zero-order valence-electron chi connectivity index (χ0n) is 13.9. The van der Waals surface area contributed by atoms with Crippen LogP contribution in [0.2, 0.25) is 0 Å². The molecule has 2 fully saturated rings. The van der Waals surface area contributed by atoms with Gasteiger partial charge in [0.25, 0.3) is 11.6 Å². The molecule has 2 heterocycles. The second-order valence-corrected chi connectivity index (χ2v) is 7.74. The SMILES string of the molecule is C[C@@H]1CSCCN(C(=O)c2ccc(N3CCCC3)c([N+](=O)[O-])c2)C1. The molecule has 0 N–H and O–H groups in total. The van der Waals surface area contributed by atoms with Crippen LogP contribution in [-0.2, 0) is 0 Å². The van der Waals surface area contributed by atoms with Gasteiger partial charge in [0.1, 0.15) is 5.69 Å². The normalized spacial score (nSPS) is 21.6. The van der Waals surface area contributed by atoms with E-state index in [2.05, 4.69) is 6.92 Å². The molecule has 1 aromatic carbocycles. The molecule has 0 spiro atoms. The highest BCUT2D eigenvalue weighted by molar-refractivity contribution is 7.99. The third-order valence-corrected chi connectivity index (χ3v) is 5.87. The highest BCUT2D eigenvalue weighted by Crippen LogP contribution is 2.32. The zero-order chi connectivity index (χ0) is 17.1. The van der Waals surface area contributed by atoms with Crippen molar-refractivity contribution in [3.63, 3.8) is 0 Å². The Bertz CT molecular complexity index is 632. The van der Waals surface area contributed by atoms with E-state index in [4.69, 9.17) is 0 Å². The van der Waals surface area contributed by atoms with E-state index in [0.717, 1.165) is 37.4 Å². The van der Waals surface area contributed by atoms with Crippen LogP contribution in [0.3, 0.4) is 0 Å².